The standard InChI is InChI=1S/C21H15ClFN5O3/c1-30-10-9-27-17-14(22)3-2-4-15(17)28-11-24-16(18(28)21(27)29)19-25-20(31-26-19)12-5-7-13(23)8-6-12/h2-8,11H,9-10H2,1H3. The van der Waals surface area contributed by atoms with Crippen LogP contribution in [0.5, 0.6) is 0 Å². The third-order valence-corrected chi connectivity index (χ3v) is 5.26. The average molecular weight is 440 g/mol. The molecule has 0 saturated heterocycles. The molecule has 0 aliphatic heterocycles. The van der Waals surface area contributed by atoms with Crippen LogP contribution in [0.4, 0.5) is 4.39 Å². The number of hydrogen-bond donors (Lipinski definition) is 0. The number of aromatic nitrogens is 5. The molecular weight excluding hydrogens is 425 g/mol. The number of rotatable bonds is 5. The summed E-state index contributed by atoms with van der Waals surface area (Å²) in [4.78, 5) is 22.2. The second-order valence-electron chi connectivity index (χ2n) is 6.80. The zero-order valence-corrected chi connectivity index (χ0v) is 17.0. The molecule has 0 aliphatic rings. The number of halogens is 2. The van der Waals surface area contributed by atoms with Gasteiger partial charge in [0.05, 0.1) is 22.7 Å². The van der Waals surface area contributed by atoms with Gasteiger partial charge in [0.25, 0.3) is 11.4 Å². The number of methoxy groups -OCH3 is 1. The molecular formula is C21H15ClFN5O3. The molecule has 31 heavy (non-hydrogen) atoms. The maximum absolute atomic E-state index is 13.4. The molecule has 0 unspecified atom stereocenters. The largest absolute Gasteiger partial charge is 0.383 e. The molecule has 0 bridgehead atoms. The van der Waals surface area contributed by atoms with Crippen molar-refractivity contribution in [3.05, 3.63) is 70.0 Å². The topological polar surface area (TPSA) is 87.5 Å². The van der Waals surface area contributed by atoms with E-state index >= 15 is 0 Å². The molecule has 0 atom stereocenters. The van der Waals surface area contributed by atoms with Crippen molar-refractivity contribution in [1.82, 2.24) is 24.1 Å². The van der Waals surface area contributed by atoms with Crippen LogP contribution in [0.2, 0.25) is 5.02 Å². The highest BCUT2D eigenvalue weighted by Gasteiger charge is 2.22. The molecule has 5 rings (SSSR count). The summed E-state index contributed by atoms with van der Waals surface area (Å²) in [7, 11) is 1.56. The summed E-state index contributed by atoms with van der Waals surface area (Å²) in [6.07, 6.45) is 1.53. The first kappa shape index (κ1) is 19.4. The summed E-state index contributed by atoms with van der Waals surface area (Å²) in [5.41, 5.74) is 2.10. The summed E-state index contributed by atoms with van der Waals surface area (Å²) in [6.45, 7) is 0.639. The van der Waals surface area contributed by atoms with Crippen molar-refractivity contribution >= 4 is 28.2 Å². The molecule has 0 spiro atoms. The molecule has 8 nitrogen and oxygen atoms in total. The number of benzene rings is 2. The lowest BCUT2D eigenvalue weighted by Crippen LogP contribution is -2.25. The lowest BCUT2D eigenvalue weighted by molar-refractivity contribution is 0.187. The van der Waals surface area contributed by atoms with Crippen LogP contribution in [0.3, 0.4) is 0 Å². The van der Waals surface area contributed by atoms with Crippen LogP contribution in [0.15, 0.2) is 58.1 Å². The number of hydrogen-bond acceptors (Lipinski definition) is 6. The molecule has 3 aromatic heterocycles. The molecule has 5 aromatic rings. The second-order valence-corrected chi connectivity index (χ2v) is 7.21. The normalized spacial score (nSPS) is 11.6. The van der Waals surface area contributed by atoms with Gasteiger partial charge in [0.15, 0.2) is 0 Å². The van der Waals surface area contributed by atoms with Crippen LogP contribution in [0, 0.1) is 5.82 Å². The summed E-state index contributed by atoms with van der Waals surface area (Å²) in [5.74, 6) is -0.0241. The third-order valence-electron chi connectivity index (χ3n) is 4.96. The fourth-order valence-electron chi connectivity index (χ4n) is 3.52. The first-order valence-electron chi connectivity index (χ1n) is 9.35. The minimum absolute atomic E-state index is 0.151. The maximum atomic E-state index is 13.4. The van der Waals surface area contributed by atoms with E-state index in [2.05, 4.69) is 15.1 Å². The smallest absolute Gasteiger partial charge is 0.277 e. The minimum Gasteiger partial charge on any atom is -0.383 e. The van der Waals surface area contributed by atoms with Crippen molar-refractivity contribution in [2.75, 3.05) is 13.7 Å². The minimum atomic E-state index is -0.370. The van der Waals surface area contributed by atoms with Crippen LogP contribution < -0.4 is 5.56 Å². The Labute approximate surface area is 179 Å². The van der Waals surface area contributed by atoms with Crippen molar-refractivity contribution in [3.63, 3.8) is 0 Å². The van der Waals surface area contributed by atoms with E-state index in [0.717, 1.165) is 0 Å². The summed E-state index contributed by atoms with van der Waals surface area (Å²) < 4.78 is 26.9. The highest BCUT2D eigenvalue weighted by molar-refractivity contribution is 6.35. The second kappa shape index (κ2) is 7.60. The van der Waals surface area contributed by atoms with Gasteiger partial charge in [0.1, 0.15) is 23.4 Å². The molecule has 2 aromatic carbocycles. The predicted molar refractivity (Wildman–Crippen MR) is 113 cm³/mol. The van der Waals surface area contributed by atoms with E-state index in [9.17, 15) is 9.18 Å². The van der Waals surface area contributed by atoms with E-state index in [4.69, 9.17) is 20.9 Å². The summed E-state index contributed by atoms with van der Waals surface area (Å²) in [5, 5.41) is 4.43. The van der Waals surface area contributed by atoms with E-state index in [1.165, 1.54) is 30.6 Å². The van der Waals surface area contributed by atoms with Gasteiger partial charge in [-0.3, -0.25) is 9.20 Å². The quantitative estimate of drug-likeness (QED) is 0.414. The predicted octanol–water partition coefficient (Wildman–Crippen LogP) is 3.81. The van der Waals surface area contributed by atoms with Gasteiger partial charge in [-0.1, -0.05) is 22.8 Å². The molecule has 0 radical (unpaired) electrons. The van der Waals surface area contributed by atoms with Crippen LogP contribution >= 0.6 is 11.6 Å². The van der Waals surface area contributed by atoms with Gasteiger partial charge in [-0.05, 0) is 36.4 Å². The monoisotopic (exact) mass is 439 g/mol. The van der Waals surface area contributed by atoms with Gasteiger partial charge in [0, 0.05) is 19.2 Å². The maximum Gasteiger partial charge on any atom is 0.277 e. The molecule has 0 saturated carbocycles. The van der Waals surface area contributed by atoms with Crippen molar-refractivity contribution in [3.8, 4) is 23.0 Å². The fourth-order valence-corrected chi connectivity index (χ4v) is 3.79. The van der Waals surface area contributed by atoms with E-state index < -0.39 is 0 Å². The Morgan fingerprint density at radius 2 is 1.97 bits per heavy atom. The van der Waals surface area contributed by atoms with Crippen LogP contribution in [-0.4, -0.2) is 37.8 Å². The van der Waals surface area contributed by atoms with Crippen molar-refractivity contribution in [2.24, 2.45) is 0 Å². The molecule has 0 aliphatic carbocycles. The average Bonchev–Trinajstić information content (AvgIpc) is 3.42. The SMILES string of the molecule is COCCn1c(=O)c2c(-c3noc(-c4ccc(F)cc4)n3)ncn2c2cccc(Cl)c21. The van der Waals surface area contributed by atoms with Gasteiger partial charge in [-0.2, -0.15) is 4.98 Å². The van der Waals surface area contributed by atoms with Crippen LogP contribution in [-0.2, 0) is 11.3 Å². The van der Waals surface area contributed by atoms with E-state index in [1.807, 2.05) is 6.07 Å². The van der Waals surface area contributed by atoms with Gasteiger partial charge in [-0.25, -0.2) is 9.37 Å². The Kier molecular flexibility index (Phi) is 4.76. The van der Waals surface area contributed by atoms with Gasteiger partial charge >= 0.3 is 0 Å². The van der Waals surface area contributed by atoms with Gasteiger partial charge < -0.3 is 13.8 Å². The molecule has 10 heteroatoms. The van der Waals surface area contributed by atoms with Gasteiger partial charge in [0.2, 0.25) is 5.82 Å². The zero-order chi connectivity index (χ0) is 21.5. The third kappa shape index (κ3) is 3.18. The lowest BCUT2D eigenvalue weighted by atomic mass is 10.2. The summed E-state index contributed by atoms with van der Waals surface area (Å²) in [6, 6.07) is 11.0. The molecule has 0 amide bonds. The van der Waals surface area contributed by atoms with Gasteiger partial charge in [-0.15, -0.1) is 0 Å². The fraction of sp³-hybridized carbons (Fsp3) is 0.143. The van der Waals surface area contributed by atoms with E-state index in [0.29, 0.717) is 34.8 Å². The number of nitrogens with zero attached hydrogens (tertiary/aromatic N) is 5. The van der Waals surface area contributed by atoms with Crippen LogP contribution in [0.25, 0.3) is 39.5 Å². The Bertz CT molecular complexity index is 1470. The van der Waals surface area contributed by atoms with Crippen molar-refractivity contribution in [1.29, 1.82) is 0 Å². The lowest BCUT2D eigenvalue weighted by Gasteiger charge is -2.13. The molecule has 0 N–H and O–H groups in total. The number of ether oxygens (including phenoxy) is 1. The van der Waals surface area contributed by atoms with E-state index in [-0.39, 0.29) is 34.3 Å². The first-order chi connectivity index (χ1) is 15.1. The Morgan fingerprint density at radius 1 is 1.16 bits per heavy atom. The Morgan fingerprint density at radius 3 is 2.74 bits per heavy atom. The van der Waals surface area contributed by atoms with Crippen molar-refractivity contribution < 1.29 is 13.7 Å². The van der Waals surface area contributed by atoms with Crippen molar-refractivity contribution in [2.45, 2.75) is 6.54 Å². The highest BCUT2D eigenvalue weighted by atomic mass is 35.5. The first-order valence-corrected chi connectivity index (χ1v) is 9.73. The Balaban J connectivity index is 1.73. The van der Waals surface area contributed by atoms with Crippen LogP contribution in [0.1, 0.15) is 0 Å². The Hall–Kier alpha value is -3.56. The highest BCUT2D eigenvalue weighted by Crippen LogP contribution is 2.28. The molecule has 156 valence electrons. The zero-order valence-electron chi connectivity index (χ0n) is 16.2. The summed E-state index contributed by atoms with van der Waals surface area (Å²) >= 11 is 6.42. The molecule has 3 heterocycles. The number of fused-ring (bicyclic) bond motifs is 3. The number of para-hydroxylation sites is 1. The molecule has 0 fully saturated rings. The number of imidazole rings is 1. The van der Waals surface area contributed by atoms with E-state index in [1.54, 1.807) is 28.2 Å².